The molecule has 0 unspecified atom stereocenters. The molecule has 6 heteroatoms. The van der Waals surface area contributed by atoms with Crippen molar-refractivity contribution in [1.29, 1.82) is 0 Å². The van der Waals surface area contributed by atoms with Crippen LogP contribution in [0.15, 0.2) is 61.2 Å². The Morgan fingerprint density at radius 3 is 2.39 bits per heavy atom. The van der Waals surface area contributed by atoms with Crippen LogP contribution in [-0.2, 0) is 17.6 Å². The van der Waals surface area contributed by atoms with E-state index in [0.29, 0.717) is 17.0 Å². The van der Waals surface area contributed by atoms with Crippen LogP contribution in [-0.4, -0.2) is 5.91 Å². The van der Waals surface area contributed by atoms with Gasteiger partial charge in [-0.1, -0.05) is 24.8 Å². The van der Waals surface area contributed by atoms with E-state index in [1.807, 2.05) is 0 Å². The number of amides is 1. The number of para-hydroxylation sites is 1. The molecule has 0 radical (unpaired) electrons. The highest BCUT2D eigenvalue weighted by molar-refractivity contribution is 5.99. The van der Waals surface area contributed by atoms with E-state index >= 15 is 0 Å². The molecule has 0 heterocycles. The van der Waals surface area contributed by atoms with Crippen molar-refractivity contribution in [2.45, 2.75) is 12.8 Å². The van der Waals surface area contributed by atoms with Crippen molar-refractivity contribution in [3.05, 3.63) is 72.3 Å². The van der Waals surface area contributed by atoms with E-state index in [1.165, 1.54) is 12.1 Å². The Hall–Kier alpha value is -2.76. The molecule has 2 aromatic carbocycles. The van der Waals surface area contributed by atoms with E-state index in [-0.39, 0.29) is 12.5 Å². The van der Waals surface area contributed by atoms with Gasteiger partial charge in [0.2, 0.25) is 5.91 Å². The molecule has 0 aliphatic carbocycles. The van der Waals surface area contributed by atoms with Crippen molar-refractivity contribution in [3.63, 3.8) is 0 Å². The second-order valence-corrected chi connectivity index (χ2v) is 4.66. The van der Waals surface area contributed by atoms with Crippen LogP contribution < -0.4 is 10.1 Å². The van der Waals surface area contributed by atoms with Crippen LogP contribution in [0.4, 0.5) is 18.9 Å². The summed E-state index contributed by atoms with van der Waals surface area (Å²) in [5, 5.41) is 2.64. The maximum absolute atomic E-state index is 12.5. The van der Waals surface area contributed by atoms with Crippen molar-refractivity contribution < 1.29 is 22.7 Å². The van der Waals surface area contributed by atoms with E-state index < -0.39 is 11.7 Å². The minimum absolute atomic E-state index is 0.110. The average molecular weight is 321 g/mol. The summed E-state index contributed by atoms with van der Waals surface area (Å²) >= 11 is 0. The van der Waals surface area contributed by atoms with Gasteiger partial charge in [-0.2, -0.15) is 13.2 Å². The molecular weight excluding hydrogens is 307 g/mol. The van der Waals surface area contributed by atoms with Crippen LogP contribution in [0.2, 0.25) is 0 Å². The fourth-order valence-corrected chi connectivity index (χ4v) is 1.85. The van der Waals surface area contributed by atoms with Gasteiger partial charge in [-0.05, 0) is 36.4 Å². The number of ether oxygens (including phenoxy) is 1. The molecule has 1 amide bonds. The summed E-state index contributed by atoms with van der Waals surface area (Å²) < 4.78 is 42.9. The minimum Gasteiger partial charge on any atom is -0.489 e. The minimum atomic E-state index is -4.37. The summed E-state index contributed by atoms with van der Waals surface area (Å²) in [6.45, 7) is 3.48. The standard InChI is InChI=1S/C17H14F3NO2/c1-2-16(22)21-15-6-4-3-5-12(15)11-23-14-9-7-13(8-10-14)17(18,19)20/h2-10H,1,11H2,(H,21,22). The zero-order chi connectivity index (χ0) is 16.9. The predicted molar refractivity (Wildman–Crippen MR) is 81.0 cm³/mol. The van der Waals surface area contributed by atoms with Crippen molar-refractivity contribution >= 4 is 11.6 Å². The molecule has 23 heavy (non-hydrogen) atoms. The number of rotatable bonds is 5. The third kappa shape index (κ3) is 4.60. The number of halogens is 3. The highest BCUT2D eigenvalue weighted by Crippen LogP contribution is 2.30. The van der Waals surface area contributed by atoms with Crippen molar-refractivity contribution in [2.24, 2.45) is 0 Å². The Balaban J connectivity index is 2.06. The van der Waals surface area contributed by atoms with Crippen LogP contribution in [0.5, 0.6) is 5.75 Å². The smallest absolute Gasteiger partial charge is 0.416 e. The maximum atomic E-state index is 12.5. The molecule has 1 N–H and O–H groups in total. The first-order valence-electron chi connectivity index (χ1n) is 6.71. The van der Waals surface area contributed by atoms with Crippen LogP contribution in [0, 0.1) is 0 Å². The molecule has 0 saturated carbocycles. The van der Waals surface area contributed by atoms with E-state index in [0.717, 1.165) is 18.2 Å². The molecule has 0 spiro atoms. The second kappa shape index (κ2) is 7.00. The number of carbonyl (C=O) groups is 1. The van der Waals surface area contributed by atoms with Crippen LogP contribution in [0.3, 0.4) is 0 Å². The largest absolute Gasteiger partial charge is 0.489 e. The van der Waals surface area contributed by atoms with E-state index in [9.17, 15) is 18.0 Å². The number of anilines is 1. The van der Waals surface area contributed by atoms with Gasteiger partial charge >= 0.3 is 6.18 Å². The normalized spacial score (nSPS) is 10.9. The quantitative estimate of drug-likeness (QED) is 0.829. The number of nitrogens with one attached hydrogen (secondary N) is 1. The van der Waals surface area contributed by atoms with Gasteiger partial charge in [-0.25, -0.2) is 0 Å². The maximum Gasteiger partial charge on any atom is 0.416 e. The van der Waals surface area contributed by atoms with Crippen molar-refractivity contribution in [3.8, 4) is 5.75 Å². The van der Waals surface area contributed by atoms with Gasteiger partial charge in [0.15, 0.2) is 0 Å². The zero-order valence-corrected chi connectivity index (χ0v) is 12.1. The monoisotopic (exact) mass is 321 g/mol. The molecule has 0 saturated heterocycles. The summed E-state index contributed by atoms with van der Waals surface area (Å²) in [6.07, 6.45) is -3.23. The molecule has 2 aromatic rings. The van der Waals surface area contributed by atoms with E-state index in [1.54, 1.807) is 24.3 Å². The van der Waals surface area contributed by atoms with Crippen LogP contribution in [0.25, 0.3) is 0 Å². The van der Waals surface area contributed by atoms with Gasteiger partial charge in [0.05, 0.1) is 5.56 Å². The van der Waals surface area contributed by atoms with Gasteiger partial charge in [-0.15, -0.1) is 0 Å². The molecule has 2 rings (SSSR count). The molecule has 3 nitrogen and oxygen atoms in total. The number of hydrogen-bond acceptors (Lipinski definition) is 2. The lowest BCUT2D eigenvalue weighted by Crippen LogP contribution is -2.10. The Bertz CT molecular complexity index is 694. The molecule has 0 bridgehead atoms. The molecule has 0 aliphatic heterocycles. The SMILES string of the molecule is C=CC(=O)Nc1ccccc1COc1ccc(C(F)(F)F)cc1. The van der Waals surface area contributed by atoms with Crippen molar-refractivity contribution in [1.82, 2.24) is 0 Å². The number of benzene rings is 2. The van der Waals surface area contributed by atoms with E-state index in [2.05, 4.69) is 11.9 Å². The van der Waals surface area contributed by atoms with Gasteiger partial charge < -0.3 is 10.1 Å². The molecule has 0 fully saturated rings. The van der Waals surface area contributed by atoms with Crippen molar-refractivity contribution in [2.75, 3.05) is 5.32 Å². The van der Waals surface area contributed by atoms with Crippen LogP contribution in [0.1, 0.15) is 11.1 Å². The Morgan fingerprint density at radius 2 is 1.78 bits per heavy atom. The Kier molecular flexibility index (Phi) is 5.05. The molecule has 120 valence electrons. The first kappa shape index (κ1) is 16.6. The highest BCUT2D eigenvalue weighted by atomic mass is 19.4. The van der Waals surface area contributed by atoms with Gasteiger partial charge in [0, 0.05) is 11.3 Å². The average Bonchev–Trinajstić information content (AvgIpc) is 2.53. The number of carbonyl (C=O) groups excluding carboxylic acids is 1. The molecule has 0 aliphatic rings. The first-order chi connectivity index (χ1) is 10.9. The predicted octanol–water partition coefficient (Wildman–Crippen LogP) is 4.41. The molecule has 0 atom stereocenters. The lowest BCUT2D eigenvalue weighted by atomic mass is 10.2. The lowest BCUT2D eigenvalue weighted by Gasteiger charge is -2.12. The van der Waals surface area contributed by atoms with Crippen LogP contribution >= 0.6 is 0 Å². The molecular formula is C17H14F3NO2. The third-order valence-electron chi connectivity index (χ3n) is 3.04. The Labute approximate surface area is 131 Å². The van der Waals surface area contributed by atoms with Gasteiger partial charge in [-0.3, -0.25) is 4.79 Å². The first-order valence-corrected chi connectivity index (χ1v) is 6.71. The molecule has 0 aromatic heterocycles. The second-order valence-electron chi connectivity index (χ2n) is 4.66. The summed E-state index contributed by atoms with van der Waals surface area (Å²) in [5.74, 6) is -0.0465. The third-order valence-corrected chi connectivity index (χ3v) is 3.04. The topological polar surface area (TPSA) is 38.3 Å². The van der Waals surface area contributed by atoms with E-state index in [4.69, 9.17) is 4.74 Å². The van der Waals surface area contributed by atoms with Gasteiger partial charge in [0.1, 0.15) is 12.4 Å². The summed E-state index contributed by atoms with van der Waals surface area (Å²) in [5.41, 5.74) is 0.524. The number of alkyl halides is 3. The Morgan fingerprint density at radius 1 is 1.13 bits per heavy atom. The van der Waals surface area contributed by atoms with Gasteiger partial charge in [0.25, 0.3) is 0 Å². The summed E-state index contributed by atoms with van der Waals surface area (Å²) in [7, 11) is 0. The fourth-order valence-electron chi connectivity index (χ4n) is 1.85. The highest BCUT2D eigenvalue weighted by Gasteiger charge is 2.30. The number of hydrogen-bond donors (Lipinski definition) is 1. The summed E-state index contributed by atoms with van der Waals surface area (Å²) in [6, 6.07) is 11.4. The fraction of sp³-hybridized carbons (Fsp3) is 0.118. The zero-order valence-electron chi connectivity index (χ0n) is 12.1. The summed E-state index contributed by atoms with van der Waals surface area (Å²) in [4.78, 5) is 11.4. The lowest BCUT2D eigenvalue weighted by molar-refractivity contribution is -0.137.